The normalized spacial score (nSPS) is 12.7. The van der Waals surface area contributed by atoms with Gasteiger partial charge in [-0.2, -0.15) is 16.9 Å². The molecule has 138 valence electrons. The van der Waals surface area contributed by atoms with E-state index in [0.29, 0.717) is 24.5 Å². The standard InChI is InChI=1S/C17H19BrN4O3S/c1-25-6-5-19-15(23)8-22-16(13-9-26-10-14(13)21-22)20-17(24)11-3-2-4-12(18)7-11/h2-4,7H,5-6,8-10H2,1H3,(H,19,23)(H,20,24). The lowest BCUT2D eigenvalue weighted by Gasteiger charge is -2.11. The number of methoxy groups -OCH3 is 1. The first-order chi connectivity index (χ1) is 12.6. The summed E-state index contributed by atoms with van der Waals surface area (Å²) in [6, 6.07) is 7.16. The lowest BCUT2D eigenvalue weighted by Crippen LogP contribution is -2.31. The Bertz CT molecular complexity index is 824. The number of thioether (sulfide) groups is 1. The zero-order valence-corrected chi connectivity index (χ0v) is 16.7. The number of hydrogen-bond donors (Lipinski definition) is 2. The fraction of sp³-hybridized carbons (Fsp3) is 0.353. The van der Waals surface area contributed by atoms with Crippen molar-refractivity contribution in [3.8, 4) is 0 Å². The van der Waals surface area contributed by atoms with Crippen LogP contribution in [0.5, 0.6) is 0 Å². The summed E-state index contributed by atoms with van der Waals surface area (Å²) in [7, 11) is 1.58. The number of carbonyl (C=O) groups is 2. The van der Waals surface area contributed by atoms with Gasteiger partial charge in [-0.05, 0) is 18.2 Å². The Labute approximate surface area is 164 Å². The van der Waals surface area contributed by atoms with E-state index >= 15 is 0 Å². The van der Waals surface area contributed by atoms with Gasteiger partial charge in [0.15, 0.2) is 0 Å². The van der Waals surface area contributed by atoms with Gasteiger partial charge in [0.2, 0.25) is 5.91 Å². The van der Waals surface area contributed by atoms with E-state index in [1.54, 1.807) is 41.8 Å². The van der Waals surface area contributed by atoms with Crippen LogP contribution in [-0.2, 0) is 27.6 Å². The molecule has 7 nitrogen and oxygen atoms in total. The van der Waals surface area contributed by atoms with E-state index in [4.69, 9.17) is 4.74 Å². The van der Waals surface area contributed by atoms with Crippen LogP contribution in [0.25, 0.3) is 0 Å². The number of ether oxygens (including phenoxy) is 1. The Kier molecular flexibility index (Phi) is 6.33. The summed E-state index contributed by atoms with van der Waals surface area (Å²) in [6.45, 7) is 0.936. The Morgan fingerprint density at radius 2 is 2.23 bits per heavy atom. The van der Waals surface area contributed by atoms with Crippen LogP contribution in [0, 0.1) is 0 Å². The fourth-order valence-corrected chi connectivity index (χ4v) is 4.05. The average molecular weight is 439 g/mol. The Morgan fingerprint density at radius 3 is 3.00 bits per heavy atom. The molecular formula is C17H19BrN4O3S. The molecule has 0 aliphatic carbocycles. The van der Waals surface area contributed by atoms with E-state index in [1.165, 1.54) is 0 Å². The largest absolute Gasteiger partial charge is 0.383 e. The number of amides is 2. The molecule has 2 aromatic rings. The highest BCUT2D eigenvalue weighted by atomic mass is 79.9. The summed E-state index contributed by atoms with van der Waals surface area (Å²) in [5.74, 6) is 1.75. The predicted molar refractivity (Wildman–Crippen MR) is 104 cm³/mol. The molecule has 1 aliphatic heterocycles. The van der Waals surface area contributed by atoms with Gasteiger partial charge in [-0.25, -0.2) is 4.68 Å². The lowest BCUT2D eigenvalue weighted by molar-refractivity contribution is -0.122. The first kappa shape index (κ1) is 18.9. The number of halogens is 1. The van der Waals surface area contributed by atoms with Gasteiger partial charge in [-0.1, -0.05) is 22.0 Å². The van der Waals surface area contributed by atoms with E-state index in [9.17, 15) is 9.59 Å². The van der Waals surface area contributed by atoms with Crippen LogP contribution in [0.4, 0.5) is 5.82 Å². The van der Waals surface area contributed by atoms with Crippen LogP contribution in [0.2, 0.25) is 0 Å². The number of carbonyl (C=O) groups excluding carboxylic acids is 2. The first-order valence-electron chi connectivity index (χ1n) is 8.07. The van der Waals surface area contributed by atoms with Crippen molar-refractivity contribution in [2.24, 2.45) is 0 Å². The van der Waals surface area contributed by atoms with Crippen molar-refractivity contribution in [3.63, 3.8) is 0 Å². The number of benzene rings is 1. The van der Waals surface area contributed by atoms with E-state index in [1.807, 2.05) is 6.07 Å². The molecule has 2 N–H and O–H groups in total. The molecule has 0 bridgehead atoms. The Morgan fingerprint density at radius 1 is 1.38 bits per heavy atom. The summed E-state index contributed by atoms with van der Waals surface area (Å²) < 4.78 is 7.33. The summed E-state index contributed by atoms with van der Waals surface area (Å²) in [4.78, 5) is 24.7. The summed E-state index contributed by atoms with van der Waals surface area (Å²) in [5, 5.41) is 10.2. The topological polar surface area (TPSA) is 85.2 Å². The van der Waals surface area contributed by atoms with Crippen molar-refractivity contribution < 1.29 is 14.3 Å². The van der Waals surface area contributed by atoms with E-state index < -0.39 is 0 Å². The quantitative estimate of drug-likeness (QED) is 0.648. The highest BCUT2D eigenvalue weighted by Gasteiger charge is 2.25. The molecular weight excluding hydrogens is 420 g/mol. The lowest BCUT2D eigenvalue weighted by atomic mass is 10.2. The number of anilines is 1. The number of rotatable bonds is 7. The minimum Gasteiger partial charge on any atom is -0.383 e. The summed E-state index contributed by atoms with van der Waals surface area (Å²) >= 11 is 5.11. The molecule has 2 heterocycles. The zero-order valence-electron chi connectivity index (χ0n) is 14.3. The van der Waals surface area contributed by atoms with E-state index in [0.717, 1.165) is 27.2 Å². The van der Waals surface area contributed by atoms with Crippen molar-refractivity contribution in [1.82, 2.24) is 15.1 Å². The number of aromatic nitrogens is 2. The third-order valence-electron chi connectivity index (χ3n) is 3.86. The monoisotopic (exact) mass is 438 g/mol. The van der Waals surface area contributed by atoms with Crippen molar-refractivity contribution in [3.05, 3.63) is 45.6 Å². The zero-order chi connectivity index (χ0) is 18.5. The molecule has 0 fully saturated rings. The summed E-state index contributed by atoms with van der Waals surface area (Å²) in [5.41, 5.74) is 2.45. The van der Waals surface area contributed by atoms with Crippen LogP contribution in [0.15, 0.2) is 28.7 Å². The average Bonchev–Trinajstić information content (AvgIpc) is 3.18. The molecule has 9 heteroatoms. The minimum absolute atomic E-state index is 0.0511. The summed E-state index contributed by atoms with van der Waals surface area (Å²) in [6.07, 6.45) is 0. The predicted octanol–water partition coefficient (Wildman–Crippen LogP) is 2.41. The highest BCUT2D eigenvalue weighted by Crippen LogP contribution is 2.34. The molecule has 1 aromatic carbocycles. The van der Waals surface area contributed by atoms with Crippen LogP contribution < -0.4 is 10.6 Å². The molecule has 1 aromatic heterocycles. The maximum Gasteiger partial charge on any atom is 0.256 e. The van der Waals surface area contributed by atoms with Gasteiger partial charge >= 0.3 is 0 Å². The molecule has 3 rings (SSSR count). The molecule has 26 heavy (non-hydrogen) atoms. The molecule has 0 radical (unpaired) electrons. The molecule has 1 aliphatic rings. The number of nitrogens with one attached hydrogen (secondary N) is 2. The highest BCUT2D eigenvalue weighted by molar-refractivity contribution is 9.10. The molecule has 0 atom stereocenters. The molecule has 0 unspecified atom stereocenters. The van der Waals surface area contributed by atoms with Gasteiger partial charge in [0.25, 0.3) is 5.91 Å². The molecule has 0 saturated heterocycles. The second kappa shape index (κ2) is 8.70. The van der Waals surface area contributed by atoms with Gasteiger partial charge in [0, 0.05) is 40.8 Å². The third kappa shape index (κ3) is 4.46. The second-order valence-electron chi connectivity index (χ2n) is 5.73. The number of fused-ring (bicyclic) bond motifs is 1. The number of nitrogens with zero attached hydrogens (tertiary/aromatic N) is 2. The van der Waals surface area contributed by atoms with Crippen LogP contribution in [-0.4, -0.2) is 41.9 Å². The van der Waals surface area contributed by atoms with Gasteiger partial charge < -0.3 is 15.4 Å². The Hall–Kier alpha value is -1.84. The Balaban J connectivity index is 1.77. The van der Waals surface area contributed by atoms with Gasteiger partial charge in [-0.15, -0.1) is 0 Å². The molecule has 2 amide bonds. The molecule has 0 saturated carbocycles. The van der Waals surface area contributed by atoms with Gasteiger partial charge in [-0.3, -0.25) is 9.59 Å². The SMILES string of the molecule is COCCNC(=O)Cn1nc2c(c1NC(=O)c1cccc(Br)c1)CSC2. The molecule has 0 spiro atoms. The number of hydrogen-bond acceptors (Lipinski definition) is 5. The van der Waals surface area contributed by atoms with E-state index in [-0.39, 0.29) is 18.4 Å². The van der Waals surface area contributed by atoms with Gasteiger partial charge in [0.05, 0.1) is 12.3 Å². The maximum atomic E-state index is 12.6. The van der Waals surface area contributed by atoms with Crippen molar-refractivity contribution in [1.29, 1.82) is 0 Å². The second-order valence-corrected chi connectivity index (χ2v) is 7.63. The van der Waals surface area contributed by atoms with Crippen LogP contribution >= 0.6 is 27.7 Å². The smallest absolute Gasteiger partial charge is 0.256 e. The van der Waals surface area contributed by atoms with Crippen molar-refractivity contribution in [2.45, 2.75) is 18.1 Å². The first-order valence-corrected chi connectivity index (χ1v) is 10.0. The van der Waals surface area contributed by atoms with Gasteiger partial charge in [0.1, 0.15) is 12.4 Å². The van der Waals surface area contributed by atoms with Crippen molar-refractivity contribution in [2.75, 3.05) is 25.6 Å². The van der Waals surface area contributed by atoms with Crippen molar-refractivity contribution >= 4 is 45.3 Å². The third-order valence-corrected chi connectivity index (χ3v) is 5.32. The minimum atomic E-state index is -0.230. The van der Waals surface area contributed by atoms with Crippen LogP contribution in [0.3, 0.4) is 0 Å². The maximum absolute atomic E-state index is 12.6. The van der Waals surface area contributed by atoms with E-state index in [2.05, 4.69) is 31.7 Å². The van der Waals surface area contributed by atoms with Crippen LogP contribution in [0.1, 0.15) is 21.6 Å². The fourth-order valence-electron chi connectivity index (χ4n) is 2.61.